The molecule has 7 nitrogen and oxygen atoms in total. The van der Waals surface area contributed by atoms with E-state index in [0.29, 0.717) is 35.5 Å². The normalized spacial score (nSPS) is 10.0. The van der Waals surface area contributed by atoms with Gasteiger partial charge in [0.25, 0.3) is 0 Å². The van der Waals surface area contributed by atoms with Crippen molar-refractivity contribution in [2.24, 2.45) is 0 Å². The minimum Gasteiger partial charge on any atom is -0.462 e. The van der Waals surface area contributed by atoms with Gasteiger partial charge in [0.2, 0.25) is 5.95 Å². The minimum atomic E-state index is -0.438. The van der Waals surface area contributed by atoms with E-state index >= 15 is 0 Å². The molecule has 2 N–H and O–H groups in total. The zero-order valence-corrected chi connectivity index (χ0v) is 13.7. The van der Waals surface area contributed by atoms with Gasteiger partial charge in [-0.25, -0.2) is 14.8 Å². The van der Waals surface area contributed by atoms with Crippen molar-refractivity contribution >= 4 is 29.2 Å². The SMILES string of the molecule is CCOC(=O)c1cnc(NC(=S)NCc2ccccn2)nc1C. The fraction of sp³-hybridized carbons (Fsp3) is 0.267. The van der Waals surface area contributed by atoms with Crippen LogP contribution in [0, 0.1) is 6.92 Å². The molecule has 2 rings (SSSR count). The molecule has 0 unspecified atom stereocenters. The standard InChI is InChI=1S/C15H17N5O2S/c1-3-22-13(21)12-9-17-14(19-10(12)2)20-15(23)18-8-11-6-4-5-7-16-11/h4-7,9H,3,8H2,1-2H3,(H2,17,18,19,20,23). The summed E-state index contributed by atoms with van der Waals surface area (Å²) in [4.78, 5) is 24.2. The second kappa shape index (κ2) is 8.14. The molecule has 2 heterocycles. The number of aryl methyl sites for hydroxylation is 1. The van der Waals surface area contributed by atoms with Crippen molar-refractivity contribution in [3.8, 4) is 0 Å². The zero-order valence-electron chi connectivity index (χ0n) is 12.9. The smallest absolute Gasteiger partial charge is 0.341 e. The van der Waals surface area contributed by atoms with E-state index in [4.69, 9.17) is 17.0 Å². The third-order valence-corrected chi connectivity index (χ3v) is 3.10. The van der Waals surface area contributed by atoms with Gasteiger partial charge in [0.15, 0.2) is 5.11 Å². The second-order valence-corrected chi connectivity index (χ2v) is 4.95. The molecule has 0 aliphatic heterocycles. The van der Waals surface area contributed by atoms with Gasteiger partial charge < -0.3 is 15.4 Å². The molecule has 0 radical (unpaired) electrons. The van der Waals surface area contributed by atoms with Crippen molar-refractivity contribution in [1.82, 2.24) is 20.3 Å². The van der Waals surface area contributed by atoms with Crippen molar-refractivity contribution in [3.05, 3.63) is 47.5 Å². The number of nitrogens with one attached hydrogen (secondary N) is 2. The van der Waals surface area contributed by atoms with E-state index in [1.807, 2.05) is 18.2 Å². The van der Waals surface area contributed by atoms with Crippen LogP contribution in [0.4, 0.5) is 5.95 Å². The van der Waals surface area contributed by atoms with Crippen molar-refractivity contribution in [2.75, 3.05) is 11.9 Å². The van der Waals surface area contributed by atoms with Crippen LogP contribution in [0.2, 0.25) is 0 Å². The molecule has 0 amide bonds. The Morgan fingerprint density at radius 2 is 2.17 bits per heavy atom. The number of pyridine rings is 1. The Balaban J connectivity index is 1.93. The van der Waals surface area contributed by atoms with Gasteiger partial charge in [-0.3, -0.25) is 4.98 Å². The van der Waals surface area contributed by atoms with Crippen LogP contribution in [0.15, 0.2) is 30.6 Å². The predicted octanol–water partition coefficient (Wildman–Crippen LogP) is 1.84. The van der Waals surface area contributed by atoms with Crippen molar-refractivity contribution < 1.29 is 9.53 Å². The Morgan fingerprint density at radius 1 is 1.35 bits per heavy atom. The quantitative estimate of drug-likeness (QED) is 0.634. The number of carbonyl (C=O) groups is 1. The van der Waals surface area contributed by atoms with Crippen LogP contribution in [0.3, 0.4) is 0 Å². The first-order valence-corrected chi connectivity index (χ1v) is 7.46. The number of aromatic nitrogens is 3. The number of thiocarbonyl (C=S) groups is 1. The summed E-state index contributed by atoms with van der Waals surface area (Å²) in [7, 11) is 0. The van der Waals surface area contributed by atoms with Gasteiger partial charge in [-0.1, -0.05) is 6.07 Å². The zero-order chi connectivity index (χ0) is 16.7. The van der Waals surface area contributed by atoms with E-state index in [-0.39, 0.29) is 0 Å². The van der Waals surface area contributed by atoms with Crippen molar-refractivity contribution in [2.45, 2.75) is 20.4 Å². The van der Waals surface area contributed by atoms with Crippen LogP contribution in [0.25, 0.3) is 0 Å². The van der Waals surface area contributed by atoms with Gasteiger partial charge in [0, 0.05) is 12.4 Å². The highest BCUT2D eigenvalue weighted by Crippen LogP contribution is 2.08. The lowest BCUT2D eigenvalue weighted by atomic mass is 10.2. The Bertz CT molecular complexity index is 694. The van der Waals surface area contributed by atoms with Crippen LogP contribution >= 0.6 is 12.2 Å². The molecule has 120 valence electrons. The summed E-state index contributed by atoms with van der Waals surface area (Å²) in [5.74, 6) is -0.124. The maximum absolute atomic E-state index is 11.7. The number of hydrogen-bond donors (Lipinski definition) is 2. The summed E-state index contributed by atoms with van der Waals surface area (Å²) in [6.07, 6.45) is 3.14. The number of nitrogens with zero attached hydrogens (tertiary/aromatic N) is 3. The minimum absolute atomic E-state index is 0.305. The Labute approximate surface area is 139 Å². The van der Waals surface area contributed by atoms with Gasteiger partial charge in [0.1, 0.15) is 0 Å². The van der Waals surface area contributed by atoms with E-state index in [0.717, 1.165) is 5.69 Å². The third kappa shape index (κ3) is 4.96. The van der Waals surface area contributed by atoms with E-state index in [1.54, 1.807) is 20.0 Å². The molecular formula is C15H17N5O2S. The molecule has 0 fully saturated rings. The van der Waals surface area contributed by atoms with E-state index in [2.05, 4.69) is 25.6 Å². The second-order valence-electron chi connectivity index (χ2n) is 4.54. The van der Waals surface area contributed by atoms with E-state index in [1.165, 1.54) is 6.20 Å². The summed E-state index contributed by atoms with van der Waals surface area (Å²) in [6, 6.07) is 5.65. The lowest BCUT2D eigenvalue weighted by molar-refractivity contribution is 0.0524. The highest BCUT2D eigenvalue weighted by Gasteiger charge is 2.13. The van der Waals surface area contributed by atoms with Gasteiger partial charge in [-0.2, -0.15) is 0 Å². The number of hydrogen-bond acceptors (Lipinski definition) is 6. The molecule has 0 saturated heterocycles. The fourth-order valence-corrected chi connectivity index (χ4v) is 1.92. The first-order chi connectivity index (χ1) is 11.1. The van der Waals surface area contributed by atoms with E-state index in [9.17, 15) is 4.79 Å². The third-order valence-electron chi connectivity index (χ3n) is 2.86. The molecule has 8 heteroatoms. The van der Waals surface area contributed by atoms with Gasteiger partial charge in [-0.05, 0) is 38.2 Å². The highest BCUT2D eigenvalue weighted by atomic mass is 32.1. The Morgan fingerprint density at radius 3 is 2.83 bits per heavy atom. The monoisotopic (exact) mass is 331 g/mol. The fourth-order valence-electron chi connectivity index (χ4n) is 1.76. The molecule has 2 aromatic heterocycles. The maximum Gasteiger partial charge on any atom is 0.341 e. The van der Waals surface area contributed by atoms with Crippen LogP contribution in [0.5, 0.6) is 0 Å². The average molecular weight is 331 g/mol. The maximum atomic E-state index is 11.7. The molecule has 0 aliphatic rings. The number of anilines is 1. The first-order valence-electron chi connectivity index (χ1n) is 7.05. The highest BCUT2D eigenvalue weighted by molar-refractivity contribution is 7.80. The lowest BCUT2D eigenvalue weighted by Gasteiger charge is -2.10. The van der Waals surface area contributed by atoms with Crippen molar-refractivity contribution in [1.29, 1.82) is 0 Å². The lowest BCUT2D eigenvalue weighted by Crippen LogP contribution is -2.29. The number of carbonyl (C=O) groups excluding carboxylic acids is 1. The number of ether oxygens (including phenoxy) is 1. The number of rotatable bonds is 5. The topological polar surface area (TPSA) is 89.0 Å². The van der Waals surface area contributed by atoms with Gasteiger partial charge in [-0.15, -0.1) is 0 Å². The first kappa shape index (κ1) is 16.8. The molecule has 0 aliphatic carbocycles. The summed E-state index contributed by atoms with van der Waals surface area (Å²) in [5, 5.41) is 6.25. The molecule has 0 saturated carbocycles. The van der Waals surface area contributed by atoms with Crippen LogP contribution < -0.4 is 10.6 Å². The predicted molar refractivity (Wildman–Crippen MR) is 90.0 cm³/mol. The van der Waals surface area contributed by atoms with Gasteiger partial charge in [0.05, 0.1) is 30.1 Å². The molecule has 23 heavy (non-hydrogen) atoms. The van der Waals surface area contributed by atoms with Crippen LogP contribution in [0.1, 0.15) is 28.7 Å². The van der Waals surface area contributed by atoms with Gasteiger partial charge >= 0.3 is 5.97 Å². The van der Waals surface area contributed by atoms with Crippen LogP contribution in [-0.4, -0.2) is 32.6 Å². The molecular weight excluding hydrogens is 314 g/mol. The summed E-state index contributed by atoms with van der Waals surface area (Å²) in [5.41, 5.74) is 1.73. The van der Waals surface area contributed by atoms with Crippen molar-refractivity contribution in [3.63, 3.8) is 0 Å². The molecule has 0 spiro atoms. The number of esters is 1. The molecule has 0 bridgehead atoms. The Kier molecular flexibility index (Phi) is 5.93. The molecule has 2 aromatic rings. The Hall–Kier alpha value is -2.61. The van der Waals surface area contributed by atoms with Crippen LogP contribution in [-0.2, 0) is 11.3 Å². The summed E-state index contributed by atoms with van der Waals surface area (Å²) in [6.45, 7) is 4.26. The summed E-state index contributed by atoms with van der Waals surface area (Å²) >= 11 is 5.18. The van der Waals surface area contributed by atoms with E-state index < -0.39 is 5.97 Å². The molecule has 0 atom stereocenters. The summed E-state index contributed by atoms with van der Waals surface area (Å²) < 4.78 is 4.93. The largest absolute Gasteiger partial charge is 0.462 e. The molecule has 0 aromatic carbocycles. The average Bonchev–Trinajstić information content (AvgIpc) is 2.54.